The highest BCUT2D eigenvalue weighted by Crippen LogP contribution is 2.20. The molecule has 1 rings (SSSR count). The Bertz CT molecular complexity index is 410. The highest BCUT2D eigenvalue weighted by atomic mass is 32.2. The van der Waals surface area contributed by atoms with Crippen LogP contribution in [0, 0.1) is 17.0 Å². The fourth-order valence-electron chi connectivity index (χ4n) is 1.93. The van der Waals surface area contributed by atoms with Crippen LogP contribution in [0.25, 0.3) is 0 Å². The summed E-state index contributed by atoms with van der Waals surface area (Å²) in [6.45, 7) is 2.75. The number of nitrogens with one attached hydrogen (secondary N) is 1. The highest BCUT2D eigenvalue weighted by Gasteiger charge is 2.07. The summed E-state index contributed by atoms with van der Waals surface area (Å²) in [7, 11) is 0. The van der Waals surface area contributed by atoms with E-state index in [0.717, 1.165) is 24.2 Å². The smallest absolute Gasteiger partial charge is 0.271 e. The van der Waals surface area contributed by atoms with Crippen LogP contribution in [0.3, 0.4) is 0 Å². The molecule has 0 aliphatic rings. The van der Waals surface area contributed by atoms with Crippen molar-refractivity contribution in [2.24, 2.45) is 0 Å². The van der Waals surface area contributed by atoms with E-state index in [0.29, 0.717) is 0 Å². The zero-order valence-corrected chi connectivity index (χ0v) is 12.5. The summed E-state index contributed by atoms with van der Waals surface area (Å²) in [5, 5.41) is 14.0. The lowest BCUT2D eigenvalue weighted by Crippen LogP contribution is -2.02. The number of non-ortho nitro benzene ring substituents is 1. The molecule has 0 saturated heterocycles. The summed E-state index contributed by atoms with van der Waals surface area (Å²) >= 11 is 1.89. The Kier molecular flexibility index (Phi) is 7.33. The number of nitrogens with zero attached hydrogens (tertiary/aromatic N) is 1. The van der Waals surface area contributed by atoms with Gasteiger partial charge in [0.15, 0.2) is 0 Å². The van der Waals surface area contributed by atoms with Crippen molar-refractivity contribution in [1.82, 2.24) is 0 Å². The highest BCUT2D eigenvalue weighted by molar-refractivity contribution is 7.98. The van der Waals surface area contributed by atoms with Crippen molar-refractivity contribution < 1.29 is 4.92 Å². The van der Waals surface area contributed by atoms with E-state index in [4.69, 9.17) is 0 Å². The standard InChI is InChI=1S/C14H22N2O2S/c1-12-9-13(11-14(10-12)16(17)18)15-7-5-3-4-6-8-19-2/h9-11,15H,3-8H2,1-2H3. The molecule has 0 amide bonds. The van der Waals surface area contributed by atoms with Crippen LogP contribution in [-0.2, 0) is 0 Å². The van der Waals surface area contributed by atoms with Crippen molar-refractivity contribution in [2.45, 2.75) is 32.6 Å². The first-order chi connectivity index (χ1) is 9.13. The number of hydrogen-bond acceptors (Lipinski definition) is 4. The number of benzene rings is 1. The fourth-order valence-corrected chi connectivity index (χ4v) is 2.42. The first-order valence-corrected chi connectivity index (χ1v) is 8.02. The molecule has 0 atom stereocenters. The maximum atomic E-state index is 10.8. The Labute approximate surface area is 119 Å². The van der Waals surface area contributed by atoms with Gasteiger partial charge >= 0.3 is 0 Å². The van der Waals surface area contributed by atoms with Crippen LogP contribution in [-0.4, -0.2) is 23.5 Å². The van der Waals surface area contributed by atoms with Crippen molar-refractivity contribution in [3.05, 3.63) is 33.9 Å². The van der Waals surface area contributed by atoms with Gasteiger partial charge in [0.1, 0.15) is 0 Å². The van der Waals surface area contributed by atoms with E-state index < -0.39 is 0 Å². The Morgan fingerprint density at radius 2 is 1.95 bits per heavy atom. The van der Waals surface area contributed by atoms with Crippen LogP contribution < -0.4 is 5.32 Å². The van der Waals surface area contributed by atoms with Gasteiger partial charge in [-0.2, -0.15) is 11.8 Å². The van der Waals surface area contributed by atoms with E-state index in [1.165, 1.54) is 25.0 Å². The normalized spacial score (nSPS) is 10.4. The third kappa shape index (κ3) is 6.47. The van der Waals surface area contributed by atoms with E-state index in [1.807, 2.05) is 24.8 Å². The lowest BCUT2D eigenvalue weighted by molar-refractivity contribution is -0.384. The molecule has 106 valence electrons. The third-order valence-electron chi connectivity index (χ3n) is 2.88. The minimum atomic E-state index is -0.347. The minimum absolute atomic E-state index is 0.155. The van der Waals surface area contributed by atoms with Crippen molar-refractivity contribution in [2.75, 3.05) is 23.9 Å². The summed E-state index contributed by atoms with van der Waals surface area (Å²) in [6, 6.07) is 5.13. The number of nitro benzene ring substituents is 1. The molecular formula is C14H22N2O2S. The molecular weight excluding hydrogens is 260 g/mol. The van der Waals surface area contributed by atoms with Crippen LogP contribution >= 0.6 is 11.8 Å². The molecule has 19 heavy (non-hydrogen) atoms. The Morgan fingerprint density at radius 1 is 1.21 bits per heavy atom. The van der Waals surface area contributed by atoms with E-state index >= 15 is 0 Å². The topological polar surface area (TPSA) is 55.2 Å². The molecule has 0 aliphatic heterocycles. The maximum absolute atomic E-state index is 10.8. The van der Waals surface area contributed by atoms with Gasteiger partial charge in [-0.25, -0.2) is 0 Å². The molecule has 0 saturated carbocycles. The molecule has 0 aliphatic carbocycles. The van der Waals surface area contributed by atoms with E-state index in [2.05, 4.69) is 11.6 Å². The second-order valence-corrected chi connectivity index (χ2v) is 5.63. The van der Waals surface area contributed by atoms with E-state index in [1.54, 1.807) is 12.1 Å². The number of unbranched alkanes of at least 4 members (excludes halogenated alkanes) is 3. The molecule has 1 N–H and O–H groups in total. The van der Waals surface area contributed by atoms with Crippen molar-refractivity contribution in [3.8, 4) is 0 Å². The third-order valence-corrected chi connectivity index (χ3v) is 3.57. The van der Waals surface area contributed by atoms with Crippen LogP contribution in [0.15, 0.2) is 18.2 Å². The number of aryl methyl sites for hydroxylation is 1. The second kappa shape index (κ2) is 8.80. The second-order valence-electron chi connectivity index (χ2n) is 4.65. The van der Waals surface area contributed by atoms with Crippen molar-refractivity contribution in [1.29, 1.82) is 0 Å². The molecule has 0 unspecified atom stereocenters. The largest absolute Gasteiger partial charge is 0.385 e. The first kappa shape index (κ1) is 15.8. The first-order valence-electron chi connectivity index (χ1n) is 6.62. The summed E-state index contributed by atoms with van der Waals surface area (Å²) in [4.78, 5) is 10.4. The van der Waals surface area contributed by atoms with Crippen LogP contribution in [0.4, 0.5) is 11.4 Å². The Hall–Kier alpha value is -1.23. The van der Waals surface area contributed by atoms with Gasteiger partial charge in [0.05, 0.1) is 4.92 Å². The van der Waals surface area contributed by atoms with Gasteiger partial charge in [0.25, 0.3) is 5.69 Å². The van der Waals surface area contributed by atoms with Gasteiger partial charge < -0.3 is 5.32 Å². The molecule has 0 radical (unpaired) electrons. The molecule has 5 heteroatoms. The monoisotopic (exact) mass is 282 g/mol. The Balaban J connectivity index is 2.31. The summed E-state index contributed by atoms with van der Waals surface area (Å²) in [5.74, 6) is 1.23. The average molecular weight is 282 g/mol. The molecule has 1 aromatic carbocycles. The summed E-state index contributed by atoms with van der Waals surface area (Å²) < 4.78 is 0. The maximum Gasteiger partial charge on any atom is 0.271 e. The average Bonchev–Trinajstić information content (AvgIpc) is 2.37. The van der Waals surface area contributed by atoms with Crippen LogP contribution in [0.2, 0.25) is 0 Å². The number of thioether (sulfide) groups is 1. The lowest BCUT2D eigenvalue weighted by Gasteiger charge is -2.07. The van der Waals surface area contributed by atoms with E-state index in [9.17, 15) is 10.1 Å². The molecule has 0 aromatic heterocycles. The molecule has 0 spiro atoms. The van der Waals surface area contributed by atoms with Gasteiger partial charge in [-0.15, -0.1) is 0 Å². The van der Waals surface area contributed by atoms with Gasteiger partial charge in [0, 0.05) is 24.4 Å². The van der Waals surface area contributed by atoms with Crippen molar-refractivity contribution >= 4 is 23.1 Å². The number of anilines is 1. The number of rotatable bonds is 9. The van der Waals surface area contributed by atoms with Gasteiger partial charge in [0.2, 0.25) is 0 Å². The summed E-state index contributed by atoms with van der Waals surface area (Å²) in [6.07, 6.45) is 6.98. The predicted molar refractivity (Wildman–Crippen MR) is 83.2 cm³/mol. The lowest BCUT2D eigenvalue weighted by atomic mass is 10.2. The quantitative estimate of drug-likeness (QED) is 0.418. The Morgan fingerprint density at radius 3 is 2.63 bits per heavy atom. The number of nitro groups is 1. The van der Waals surface area contributed by atoms with Crippen LogP contribution in [0.1, 0.15) is 31.2 Å². The molecule has 1 aromatic rings. The molecule has 0 fully saturated rings. The summed E-state index contributed by atoms with van der Waals surface area (Å²) in [5.41, 5.74) is 1.91. The zero-order valence-electron chi connectivity index (χ0n) is 11.6. The fraction of sp³-hybridized carbons (Fsp3) is 0.571. The predicted octanol–water partition coefficient (Wildman–Crippen LogP) is 4.24. The van der Waals surface area contributed by atoms with Gasteiger partial charge in [-0.1, -0.05) is 12.8 Å². The van der Waals surface area contributed by atoms with Gasteiger partial charge in [-0.05, 0) is 43.4 Å². The van der Waals surface area contributed by atoms with Crippen LogP contribution in [0.5, 0.6) is 0 Å². The van der Waals surface area contributed by atoms with Crippen molar-refractivity contribution in [3.63, 3.8) is 0 Å². The minimum Gasteiger partial charge on any atom is -0.385 e. The molecule has 0 heterocycles. The number of hydrogen-bond donors (Lipinski definition) is 1. The zero-order chi connectivity index (χ0) is 14.1. The molecule has 0 bridgehead atoms. The van der Waals surface area contributed by atoms with E-state index in [-0.39, 0.29) is 10.6 Å². The SMILES string of the molecule is CSCCCCCCNc1cc(C)cc([N+](=O)[O-])c1. The van der Waals surface area contributed by atoms with Gasteiger partial charge in [-0.3, -0.25) is 10.1 Å². The molecule has 4 nitrogen and oxygen atoms in total.